The van der Waals surface area contributed by atoms with Crippen LogP contribution in [0.5, 0.6) is 5.75 Å². The molecule has 1 fully saturated rings. The van der Waals surface area contributed by atoms with Crippen molar-refractivity contribution in [1.29, 1.82) is 0 Å². The Labute approximate surface area is 141 Å². The Balaban J connectivity index is 1.69. The van der Waals surface area contributed by atoms with Crippen molar-refractivity contribution in [2.75, 3.05) is 24.7 Å². The van der Waals surface area contributed by atoms with Crippen molar-refractivity contribution in [2.45, 2.75) is 25.5 Å². The minimum absolute atomic E-state index is 0.0714. The number of aromatic nitrogens is 1. The van der Waals surface area contributed by atoms with Crippen molar-refractivity contribution < 1.29 is 14.3 Å². The van der Waals surface area contributed by atoms with Gasteiger partial charge in [0.15, 0.2) is 5.78 Å². The standard InChI is InChI=1S/C19H20N2O3/c1-13-10-21(17(12-23-13)14-5-3-2-4-6-14)19-8-7-18-16(20-19)9-15(22)11-24-18/h2-8,13,17H,9-12H2,1H3/t13-,17+/m1/s1. The van der Waals surface area contributed by atoms with Crippen molar-refractivity contribution in [1.82, 2.24) is 4.98 Å². The molecule has 124 valence electrons. The van der Waals surface area contributed by atoms with Gasteiger partial charge in [-0.05, 0) is 24.6 Å². The lowest BCUT2D eigenvalue weighted by atomic mass is 10.0. The van der Waals surface area contributed by atoms with Crippen molar-refractivity contribution in [3.63, 3.8) is 0 Å². The molecular formula is C19H20N2O3. The maximum Gasteiger partial charge on any atom is 0.176 e. The van der Waals surface area contributed by atoms with Crippen LogP contribution in [0.15, 0.2) is 42.5 Å². The molecule has 0 amide bonds. The van der Waals surface area contributed by atoms with E-state index in [-0.39, 0.29) is 24.5 Å². The summed E-state index contributed by atoms with van der Waals surface area (Å²) in [6, 6.07) is 14.3. The Bertz CT molecular complexity index is 748. The van der Waals surface area contributed by atoms with Crippen LogP contribution in [0, 0.1) is 0 Å². The molecule has 5 nitrogen and oxygen atoms in total. The lowest BCUT2D eigenvalue weighted by Gasteiger charge is -2.40. The Morgan fingerprint density at radius 3 is 2.83 bits per heavy atom. The summed E-state index contributed by atoms with van der Waals surface area (Å²) >= 11 is 0. The molecule has 0 spiro atoms. The molecule has 5 heteroatoms. The van der Waals surface area contributed by atoms with E-state index >= 15 is 0 Å². The van der Waals surface area contributed by atoms with Crippen LogP contribution in [-0.4, -0.2) is 36.6 Å². The summed E-state index contributed by atoms with van der Waals surface area (Å²) in [4.78, 5) is 18.6. The first-order chi connectivity index (χ1) is 11.7. The van der Waals surface area contributed by atoms with Crippen LogP contribution in [0.2, 0.25) is 0 Å². The van der Waals surface area contributed by atoms with Crippen molar-refractivity contribution in [2.24, 2.45) is 0 Å². The van der Waals surface area contributed by atoms with Gasteiger partial charge in [0, 0.05) is 6.54 Å². The first-order valence-electron chi connectivity index (χ1n) is 8.28. The van der Waals surface area contributed by atoms with Crippen molar-refractivity contribution in [3.05, 3.63) is 53.7 Å². The van der Waals surface area contributed by atoms with Gasteiger partial charge < -0.3 is 14.4 Å². The molecule has 0 saturated carbocycles. The number of morpholine rings is 1. The second-order valence-corrected chi connectivity index (χ2v) is 6.34. The second kappa shape index (κ2) is 6.24. The normalized spacial score (nSPS) is 23.5. The fourth-order valence-electron chi connectivity index (χ4n) is 3.30. The highest BCUT2D eigenvalue weighted by Crippen LogP contribution is 2.32. The molecule has 0 N–H and O–H groups in total. The third kappa shape index (κ3) is 2.87. The van der Waals surface area contributed by atoms with Crippen molar-refractivity contribution >= 4 is 11.6 Å². The molecular weight excluding hydrogens is 304 g/mol. The van der Waals surface area contributed by atoms with E-state index in [2.05, 4.69) is 24.0 Å². The predicted molar refractivity (Wildman–Crippen MR) is 90.4 cm³/mol. The first kappa shape index (κ1) is 15.1. The molecule has 2 atom stereocenters. The SMILES string of the molecule is C[C@@H]1CN(c2ccc3c(n2)CC(=O)CO3)[C@H](c2ccccc2)CO1. The molecule has 24 heavy (non-hydrogen) atoms. The van der Waals surface area contributed by atoms with Crippen LogP contribution < -0.4 is 9.64 Å². The molecule has 4 rings (SSSR count). The van der Waals surface area contributed by atoms with E-state index < -0.39 is 0 Å². The number of ketones is 1. The molecule has 2 aliphatic heterocycles. The summed E-state index contributed by atoms with van der Waals surface area (Å²) in [5.74, 6) is 1.66. The van der Waals surface area contributed by atoms with Gasteiger partial charge >= 0.3 is 0 Å². The Hall–Kier alpha value is -2.40. The highest BCUT2D eigenvalue weighted by atomic mass is 16.5. The van der Waals surface area contributed by atoms with E-state index in [1.54, 1.807) is 0 Å². The zero-order valence-electron chi connectivity index (χ0n) is 13.6. The molecule has 0 bridgehead atoms. The number of rotatable bonds is 2. The number of fused-ring (bicyclic) bond motifs is 1. The third-order valence-corrected chi connectivity index (χ3v) is 4.52. The number of anilines is 1. The van der Waals surface area contributed by atoms with E-state index in [1.807, 2.05) is 30.3 Å². The molecule has 2 aromatic rings. The van der Waals surface area contributed by atoms with E-state index in [0.29, 0.717) is 13.0 Å². The summed E-state index contributed by atoms with van der Waals surface area (Å²) in [5, 5.41) is 0. The molecule has 3 heterocycles. The average molecular weight is 324 g/mol. The van der Waals surface area contributed by atoms with E-state index in [9.17, 15) is 4.79 Å². The van der Waals surface area contributed by atoms with Gasteiger partial charge in [-0.3, -0.25) is 4.79 Å². The predicted octanol–water partition coefficient (Wildman–Crippen LogP) is 2.55. The number of pyridine rings is 1. The van der Waals surface area contributed by atoms with Gasteiger partial charge in [0.05, 0.1) is 30.9 Å². The average Bonchev–Trinajstić information content (AvgIpc) is 2.61. The molecule has 1 aromatic carbocycles. The summed E-state index contributed by atoms with van der Waals surface area (Å²) < 4.78 is 11.3. The van der Waals surface area contributed by atoms with Crippen LogP contribution in [-0.2, 0) is 16.0 Å². The van der Waals surface area contributed by atoms with Gasteiger partial charge in [-0.2, -0.15) is 0 Å². The van der Waals surface area contributed by atoms with Crippen LogP contribution >= 0.6 is 0 Å². The number of carbonyl (C=O) groups is 1. The maximum atomic E-state index is 11.7. The van der Waals surface area contributed by atoms with E-state index in [1.165, 1.54) is 5.56 Å². The second-order valence-electron chi connectivity index (χ2n) is 6.34. The Kier molecular flexibility index (Phi) is 3.94. The van der Waals surface area contributed by atoms with Crippen LogP contribution in [0.25, 0.3) is 0 Å². The molecule has 0 aliphatic carbocycles. The highest BCUT2D eigenvalue weighted by molar-refractivity contribution is 5.84. The highest BCUT2D eigenvalue weighted by Gasteiger charge is 2.30. The number of ether oxygens (including phenoxy) is 2. The smallest absolute Gasteiger partial charge is 0.176 e. The fraction of sp³-hybridized carbons (Fsp3) is 0.368. The summed E-state index contributed by atoms with van der Waals surface area (Å²) in [6.45, 7) is 3.61. The molecule has 0 unspecified atom stereocenters. The monoisotopic (exact) mass is 324 g/mol. The number of nitrogens with zero attached hydrogens (tertiary/aromatic N) is 2. The zero-order valence-corrected chi connectivity index (χ0v) is 13.6. The first-order valence-corrected chi connectivity index (χ1v) is 8.28. The molecule has 1 aromatic heterocycles. The van der Waals surface area contributed by atoms with Gasteiger partial charge in [0.25, 0.3) is 0 Å². The minimum atomic E-state index is 0.0714. The quantitative estimate of drug-likeness (QED) is 0.850. The van der Waals surface area contributed by atoms with E-state index in [0.717, 1.165) is 23.8 Å². The Morgan fingerprint density at radius 2 is 2.00 bits per heavy atom. The Morgan fingerprint density at radius 1 is 1.17 bits per heavy atom. The van der Waals surface area contributed by atoms with Crippen LogP contribution in [0.4, 0.5) is 5.82 Å². The van der Waals surface area contributed by atoms with Crippen LogP contribution in [0.1, 0.15) is 24.2 Å². The zero-order chi connectivity index (χ0) is 16.5. The molecule has 0 radical (unpaired) electrons. The lowest BCUT2D eigenvalue weighted by Crippen LogP contribution is -2.44. The number of Topliss-reactive ketones (excluding diaryl/α,β-unsaturated/α-hetero) is 1. The van der Waals surface area contributed by atoms with Crippen LogP contribution in [0.3, 0.4) is 0 Å². The topological polar surface area (TPSA) is 51.7 Å². The van der Waals surface area contributed by atoms with Gasteiger partial charge in [-0.25, -0.2) is 4.98 Å². The third-order valence-electron chi connectivity index (χ3n) is 4.52. The lowest BCUT2D eigenvalue weighted by molar-refractivity contribution is -0.121. The number of hydrogen-bond donors (Lipinski definition) is 0. The summed E-state index contributed by atoms with van der Waals surface area (Å²) in [7, 11) is 0. The van der Waals surface area contributed by atoms with Crippen molar-refractivity contribution in [3.8, 4) is 5.75 Å². The van der Waals surface area contributed by atoms with E-state index in [4.69, 9.17) is 14.5 Å². The number of benzene rings is 1. The summed E-state index contributed by atoms with van der Waals surface area (Å²) in [5.41, 5.74) is 1.94. The van der Waals surface area contributed by atoms with Gasteiger partial charge in [0.2, 0.25) is 0 Å². The number of hydrogen-bond acceptors (Lipinski definition) is 5. The molecule has 1 saturated heterocycles. The largest absolute Gasteiger partial charge is 0.484 e. The van der Waals surface area contributed by atoms with Gasteiger partial charge in [0.1, 0.15) is 18.2 Å². The molecule has 2 aliphatic rings. The van der Waals surface area contributed by atoms with Gasteiger partial charge in [-0.15, -0.1) is 0 Å². The summed E-state index contributed by atoms with van der Waals surface area (Å²) in [6.07, 6.45) is 0.486. The number of carbonyl (C=O) groups excluding carboxylic acids is 1. The van der Waals surface area contributed by atoms with Gasteiger partial charge in [-0.1, -0.05) is 30.3 Å². The minimum Gasteiger partial charge on any atom is -0.484 e. The fourth-order valence-corrected chi connectivity index (χ4v) is 3.30. The maximum absolute atomic E-state index is 11.7.